The van der Waals surface area contributed by atoms with Crippen LogP contribution in [-0.2, 0) is 17.6 Å². The van der Waals surface area contributed by atoms with Gasteiger partial charge in [-0.2, -0.15) is 0 Å². The molecular weight excluding hydrogens is 374 g/mol. The first-order valence-electron chi connectivity index (χ1n) is 10.1. The van der Waals surface area contributed by atoms with E-state index in [4.69, 9.17) is 4.74 Å². The van der Waals surface area contributed by atoms with E-state index in [0.717, 1.165) is 35.4 Å². The number of aromatic nitrogens is 2. The lowest BCUT2D eigenvalue weighted by Crippen LogP contribution is -2.30. The quantitative estimate of drug-likeness (QED) is 0.456. The molecule has 4 rings (SSSR count). The largest absolute Gasteiger partial charge is 0.481 e. The van der Waals surface area contributed by atoms with Gasteiger partial charge < -0.3 is 15.0 Å². The van der Waals surface area contributed by atoms with Crippen molar-refractivity contribution < 1.29 is 9.53 Å². The molecule has 0 aliphatic rings. The average molecular weight is 399 g/mol. The number of nitrogens with zero attached hydrogens (tertiary/aromatic N) is 1. The summed E-state index contributed by atoms with van der Waals surface area (Å²) < 4.78 is 5.67. The van der Waals surface area contributed by atoms with E-state index < -0.39 is 6.10 Å². The highest BCUT2D eigenvalue weighted by atomic mass is 16.5. The Morgan fingerprint density at radius 2 is 1.80 bits per heavy atom. The molecule has 4 aromatic rings. The molecule has 5 nitrogen and oxygen atoms in total. The minimum Gasteiger partial charge on any atom is -0.481 e. The van der Waals surface area contributed by atoms with Gasteiger partial charge in [-0.3, -0.25) is 4.79 Å². The lowest BCUT2D eigenvalue weighted by molar-refractivity contribution is -0.122. The lowest BCUT2D eigenvalue weighted by atomic mass is 10.1. The van der Waals surface area contributed by atoms with E-state index >= 15 is 0 Å². The number of ether oxygens (including phenoxy) is 1. The summed E-state index contributed by atoms with van der Waals surface area (Å²) in [5, 5.41) is 2.90. The SMILES string of the molecule is Cc1ccc2nc(CCc3ccc(NC(=O)[C@@H](C)Oc4ccccc4)cc3)[nH]c2c1. The number of anilines is 1. The Labute approximate surface area is 176 Å². The third kappa shape index (κ3) is 4.87. The normalized spacial score (nSPS) is 11.9. The van der Waals surface area contributed by atoms with Crippen LogP contribution < -0.4 is 10.1 Å². The van der Waals surface area contributed by atoms with Crippen LogP contribution in [0.2, 0.25) is 0 Å². The second-order valence-corrected chi connectivity index (χ2v) is 7.46. The maximum atomic E-state index is 12.4. The van der Waals surface area contributed by atoms with Crippen molar-refractivity contribution in [2.45, 2.75) is 32.8 Å². The number of hydrogen-bond acceptors (Lipinski definition) is 3. The zero-order valence-corrected chi connectivity index (χ0v) is 17.2. The van der Waals surface area contributed by atoms with Gasteiger partial charge >= 0.3 is 0 Å². The molecule has 152 valence electrons. The molecular formula is C25H25N3O2. The first kappa shape index (κ1) is 19.7. The fourth-order valence-electron chi connectivity index (χ4n) is 3.31. The Morgan fingerprint density at radius 3 is 2.57 bits per heavy atom. The maximum absolute atomic E-state index is 12.4. The molecule has 2 N–H and O–H groups in total. The van der Waals surface area contributed by atoms with Crippen LogP contribution >= 0.6 is 0 Å². The molecule has 0 aliphatic carbocycles. The Hall–Kier alpha value is -3.60. The van der Waals surface area contributed by atoms with Crippen molar-refractivity contribution in [1.29, 1.82) is 0 Å². The monoisotopic (exact) mass is 399 g/mol. The van der Waals surface area contributed by atoms with E-state index in [-0.39, 0.29) is 5.91 Å². The van der Waals surface area contributed by atoms with Crippen LogP contribution in [0.4, 0.5) is 5.69 Å². The zero-order valence-electron chi connectivity index (χ0n) is 17.2. The molecule has 5 heteroatoms. The first-order chi connectivity index (χ1) is 14.6. The van der Waals surface area contributed by atoms with Gasteiger partial charge in [-0.25, -0.2) is 4.98 Å². The summed E-state index contributed by atoms with van der Waals surface area (Å²) in [5.41, 5.74) is 5.25. The number of nitrogens with one attached hydrogen (secondary N) is 2. The molecule has 30 heavy (non-hydrogen) atoms. The highest BCUT2D eigenvalue weighted by Gasteiger charge is 2.14. The van der Waals surface area contributed by atoms with Crippen molar-refractivity contribution in [2.24, 2.45) is 0 Å². The van der Waals surface area contributed by atoms with Crippen molar-refractivity contribution >= 4 is 22.6 Å². The molecule has 1 aromatic heterocycles. The zero-order chi connectivity index (χ0) is 20.9. The van der Waals surface area contributed by atoms with Gasteiger partial charge in [0.15, 0.2) is 6.10 Å². The average Bonchev–Trinajstić information content (AvgIpc) is 3.16. The highest BCUT2D eigenvalue weighted by molar-refractivity contribution is 5.94. The summed E-state index contributed by atoms with van der Waals surface area (Å²) in [6, 6.07) is 23.5. The van der Waals surface area contributed by atoms with Gasteiger partial charge in [0.2, 0.25) is 0 Å². The number of carbonyl (C=O) groups excluding carboxylic acids is 1. The molecule has 0 bridgehead atoms. The Kier molecular flexibility index (Phi) is 5.80. The fraction of sp³-hybridized carbons (Fsp3) is 0.200. The van der Waals surface area contributed by atoms with E-state index in [2.05, 4.69) is 34.3 Å². The molecule has 3 aromatic carbocycles. The second-order valence-electron chi connectivity index (χ2n) is 7.46. The molecule has 0 radical (unpaired) electrons. The molecule has 1 amide bonds. The van der Waals surface area contributed by atoms with Crippen LogP contribution in [0.15, 0.2) is 72.8 Å². The number of imidazole rings is 1. The third-order valence-electron chi connectivity index (χ3n) is 4.98. The van der Waals surface area contributed by atoms with Crippen molar-refractivity contribution in [2.75, 3.05) is 5.32 Å². The van der Waals surface area contributed by atoms with Gasteiger partial charge in [-0.1, -0.05) is 36.4 Å². The summed E-state index contributed by atoms with van der Waals surface area (Å²) in [4.78, 5) is 20.4. The summed E-state index contributed by atoms with van der Waals surface area (Å²) in [6.45, 7) is 3.82. The van der Waals surface area contributed by atoms with Crippen molar-refractivity contribution in [3.8, 4) is 5.75 Å². The Bertz CT molecular complexity index is 1130. The van der Waals surface area contributed by atoms with Crippen LogP contribution in [0.1, 0.15) is 23.9 Å². The number of H-pyrrole nitrogens is 1. The molecule has 0 fully saturated rings. The summed E-state index contributed by atoms with van der Waals surface area (Å²) in [6.07, 6.45) is 1.13. The summed E-state index contributed by atoms with van der Waals surface area (Å²) in [5.74, 6) is 1.49. The number of fused-ring (bicyclic) bond motifs is 1. The van der Waals surface area contributed by atoms with Gasteiger partial charge in [-0.15, -0.1) is 0 Å². The predicted octanol–water partition coefficient (Wildman–Crippen LogP) is 5.06. The predicted molar refractivity (Wildman–Crippen MR) is 120 cm³/mol. The smallest absolute Gasteiger partial charge is 0.265 e. The van der Waals surface area contributed by atoms with E-state index in [1.807, 2.05) is 60.7 Å². The van der Waals surface area contributed by atoms with Gasteiger partial charge in [0.05, 0.1) is 11.0 Å². The van der Waals surface area contributed by atoms with Crippen LogP contribution in [-0.4, -0.2) is 22.0 Å². The second kappa shape index (κ2) is 8.82. The van der Waals surface area contributed by atoms with Gasteiger partial charge in [0.1, 0.15) is 11.6 Å². The van der Waals surface area contributed by atoms with Crippen LogP contribution in [0.5, 0.6) is 5.75 Å². The van der Waals surface area contributed by atoms with Crippen LogP contribution in [0, 0.1) is 6.92 Å². The third-order valence-corrected chi connectivity index (χ3v) is 4.98. The van der Waals surface area contributed by atoms with Gasteiger partial charge in [-0.05, 0) is 67.8 Å². The number of rotatable bonds is 7. The Balaban J connectivity index is 1.31. The minimum absolute atomic E-state index is 0.177. The van der Waals surface area contributed by atoms with Crippen molar-refractivity contribution in [3.63, 3.8) is 0 Å². The standard InChI is InChI=1S/C25H25N3O2/c1-17-8-14-22-23(16-17)28-24(27-22)15-11-19-9-12-20(13-10-19)26-25(29)18(2)30-21-6-4-3-5-7-21/h3-10,12-14,16,18H,11,15H2,1-2H3,(H,26,29)(H,27,28)/t18-/m1/s1. The fourth-order valence-corrected chi connectivity index (χ4v) is 3.31. The number of benzene rings is 3. The number of carbonyl (C=O) groups is 1. The number of hydrogen-bond donors (Lipinski definition) is 2. The van der Waals surface area contributed by atoms with E-state index in [9.17, 15) is 4.79 Å². The molecule has 1 atom stereocenters. The molecule has 0 saturated heterocycles. The first-order valence-corrected chi connectivity index (χ1v) is 10.1. The van der Waals surface area contributed by atoms with E-state index in [0.29, 0.717) is 5.75 Å². The lowest BCUT2D eigenvalue weighted by Gasteiger charge is -2.14. The molecule has 0 spiro atoms. The van der Waals surface area contributed by atoms with E-state index in [1.54, 1.807) is 6.92 Å². The number of aryl methyl sites for hydroxylation is 3. The highest BCUT2D eigenvalue weighted by Crippen LogP contribution is 2.17. The van der Waals surface area contributed by atoms with Crippen LogP contribution in [0.3, 0.4) is 0 Å². The molecule has 1 heterocycles. The number of amides is 1. The van der Waals surface area contributed by atoms with Gasteiger partial charge in [0.25, 0.3) is 5.91 Å². The number of aromatic amines is 1. The minimum atomic E-state index is -0.580. The molecule has 0 saturated carbocycles. The number of para-hydroxylation sites is 1. The van der Waals surface area contributed by atoms with Gasteiger partial charge in [0, 0.05) is 12.1 Å². The van der Waals surface area contributed by atoms with E-state index in [1.165, 1.54) is 11.1 Å². The molecule has 0 aliphatic heterocycles. The maximum Gasteiger partial charge on any atom is 0.265 e. The van der Waals surface area contributed by atoms with Crippen molar-refractivity contribution in [1.82, 2.24) is 9.97 Å². The topological polar surface area (TPSA) is 67.0 Å². The van der Waals surface area contributed by atoms with Crippen LogP contribution in [0.25, 0.3) is 11.0 Å². The van der Waals surface area contributed by atoms with Crippen molar-refractivity contribution in [3.05, 3.63) is 89.7 Å². The summed E-state index contributed by atoms with van der Waals surface area (Å²) >= 11 is 0. The summed E-state index contributed by atoms with van der Waals surface area (Å²) in [7, 11) is 0. The Morgan fingerprint density at radius 1 is 1.03 bits per heavy atom. The molecule has 0 unspecified atom stereocenters.